The predicted molar refractivity (Wildman–Crippen MR) is 58.9 cm³/mol. The third-order valence-corrected chi connectivity index (χ3v) is 3.41. The van der Waals surface area contributed by atoms with Gasteiger partial charge >= 0.3 is 0 Å². The van der Waals surface area contributed by atoms with E-state index in [2.05, 4.69) is 0 Å². The van der Waals surface area contributed by atoms with Gasteiger partial charge in [0.1, 0.15) is 4.90 Å². The van der Waals surface area contributed by atoms with Gasteiger partial charge in [0, 0.05) is 10.4 Å². The van der Waals surface area contributed by atoms with Crippen molar-refractivity contribution in [3.63, 3.8) is 0 Å². The van der Waals surface area contributed by atoms with E-state index in [4.69, 9.17) is 16.2 Å². The molecular formula is C10H6ClO4S. The summed E-state index contributed by atoms with van der Waals surface area (Å²) >= 11 is 5.84. The Labute approximate surface area is 96.8 Å². The Hall–Kier alpha value is -1.30. The summed E-state index contributed by atoms with van der Waals surface area (Å²) in [6.07, 6.45) is 0. The van der Waals surface area contributed by atoms with Crippen molar-refractivity contribution >= 4 is 32.5 Å². The van der Waals surface area contributed by atoms with E-state index in [1.54, 1.807) is 0 Å². The highest BCUT2D eigenvalue weighted by Gasteiger charge is 2.18. The first-order chi connectivity index (χ1) is 7.41. The maximum absolute atomic E-state index is 11.6. The average molecular weight is 258 g/mol. The van der Waals surface area contributed by atoms with Crippen LogP contribution in [0.25, 0.3) is 10.8 Å². The second kappa shape index (κ2) is 3.62. The van der Waals surface area contributed by atoms with Gasteiger partial charge in [-0.15, -0.1) is 0 Å². The Balaban J connectivity index is 3.04. The lowest BCUT2D eigenvalue weighted by Gasteiger charge is -2.05. The lowest BCUT2D eigenvalue weighted by molar-refractivity contribution is 0.359. The SMILES string of the molecule is [O]c1ccc(Cl)c2cccc(S(=O)(=O)O)c12. The molecule has 0 aliphatic heterocycles. The molecular weight excluding hydrogens is 252 g/mol. The molecule has 0 aliphatic carbocycles. The summed E-state index contributed by atoms with van der Waals surface area (Å²) in [5.41, 5.74) is 0. The minimum atomic E-state index is -4.43. The molecule has 0 unspecified atom stereocenters. The molecule has 0 spiro atoms. The maximum Gasteiger partial charge on any atom is 0.295 e. The zero-order valence-corrected chi connectivity index (χ0v) is 9.42. The fraction of sp³-hybridized carbons (Fsp3) is 0. The molecule has 0 bridgehead atoms. The molecule has 2 aromatic carbocycles. The van der Waals surface area contributed by atoms with Crippen molar-refractivity contribution in [1.29, 1.82) is 0 Å². The second-order valence-electron chi connectivity index (χ2n) is 3.20. The van der Waals surface area contributed by atoms with E-state index in [1.807, 2.05) is 0 Å². The Morgan fingerprint density at radius 2 is 1.81 bits per heavy atom. The van der Waals surface area contributed by atoms with Gasteiger partial charge < -0.3 is 0 Å². The number of hydrogen-bond donors (Lipinski definition) is 1. The first-order valence-corrected chi connectivity index (χ1v) is 6.09. The van der Waals surface area contributed by atoms with Crippen molar-refractivity contribution in [2.45, 2.75) is 4.90 Å². The number of benzene rings is 2. The third-order valence-electron chi connectivity index (χ3n) is 2.19. The van der Waals surface area contributed by atoms with Crippen molar-refractivity contribution in [1.82, 2.24) is 0 Å². The molecule has 2 rings (SSSR count). The summed E-state index contributed by atoms with van der Waals surface area (Å²) in [5, 5.41) is 12.1. The molecule has 1 N–H and O–H groups in total. The van der Waals surface area contributed by atoms with E-state index >= 15 is 0 Å². The monoisotopic (exact) mass is 257 g/mol. The van der Waals surface area contributed by atoms with E-state index in [1.165, 1.54) is 24.3 Å². The lowest BCUT2D eigenvalue weighted by Crippen LogP contribution is -1.98. The van der Waals surface area contributed by atoms with Crippen LogP contribution in [0.5, 0.6) is 5.75 Å². The number of rotatable bonds is 1. The van der Waals surface area contributed by atoms with Crippen molar-refractivity contribution in [3.05, 3.63) is 35.4 Å². The highest BCUT2D eigenvalue weighted by Crippen LogP contribution is 2.35. The molecule has 4 nitrogen and oxygen atoms in total. The Morgan fingerprint density at radius 3 is 2.44 bits per heavy atom. The second-order valence-corrected chi connectivity index (χ2v) is 5.00. The van der Waals surface area contributed by atoms with Crippen molar-refractivity contribution < 1.29 is 18.1 Å². The molecule has 0 saturated carbocycles. The van der Waals surface area contributed by atoms with Crippen LogP contribution in [0.1, 0.15) is 0 Å². The van der Waals surface area contributed by atoms with Gasteiger partial charge in [0.15, 0.2) is 5.75 Å². The quantitative estimate of drug-likeness (QED) is 0.798. The first-order valence-electron chi connectivity index (χ1n) is 4.27. The maximum atomic E-state index is 11.6. The summed E-state index contributed by atoms with van der Waals surface area (Å²) < 4.78 is 31.2. The number of fused-ring (bicyclic) bond motifs is 1. The minimum absolute atomic E-state index is 0.0856. The van der Waals surface area contributed by atoms with E-state index in [0.29, 0.717) is 5.39 Å². The van der Waals surface area contributed by atoms with Gasteiger partial charge in [-0.2, -0.15) is 8.42 Å². The molecule has 0 amide bonds. The molecule has 0 atom stereocenters. The minimum Gasteiger partial charge on any atom is -0.289 e. The summed E-state index contributed by atoms with van der Waals surface area (Å²) in [7, 11) is -4.43. The summed E-state index contributed by atoms with van der Waals surface area (Å²) in [6, 6.07) is 6.65. The molecule has 1 radical (unpaired) electrons. The normalized spacial score (nSPS) is 11.9. The van der Waals surface area contributed by atoms with Crippen LogP contribution in [-0.4, -0.2) is 13.0 Å². The van der Waals surface area contributed by atoms with Crippen LogP contribution in [0, 0.1) is 0 Å². The number of hydrogen-bond acceptors (Lipinski definition) is 2. The van der Waals surface area contributed by atoms with Gasteiger partial charge in [0.25, 0.3) is 10.1 Å². The predicted octanol–water partition coefficient (Wildman–Crippen LogP) is 2.88. The van der Waals surface area contributed by atoms with Gasteiger partial charge in [0.05, 0.1) is 5.39 Å². The van der Waals surface area contributed by atoms with E-state index in [-0.39, 0.29) is 10.4 Å². The molecule has 0 saturated heterocycles. The molecule has 0 aliphatic rings. The molecule has 0 fully saturated rings. The summed E-state index contributed by atoms with van der Waals surface area (Å²) in [6.45, 7) is 0. The molecule has 2 aromatic rings. The van der Waals surface area contributed by atoms with Crippen molar-refractivity contribution in [2.75, 3.05) is 0 Å². The Morgan fingerprint density at radius 1 is 1.12 bits per heavy atom. The van der Waals surface area contributed by atoms with Crippen LogP contribution in [0.15, 0.2) is 35.2 Å². The van der Waals surface area contributed by atoms with Gasteiger partial charge in [0.2, 0.25) is 0 Å². The van der Waals surface area contributed by atoms with Gasteiger partial charge in [-0.3, -0.25) is 9.66 Å². The molecule has 0 aromatic heterocycles. The fourth-order valence-electron chi connectivity index (χ4n) is 1.52. The van der Waals surface area contributed by atoms with E-state index in [0.717, 1.165) is 6.07 Å². The first kappa shape index (κ1) is 11.2. The highest BCUT2D eigenvalue weighted by atomic mass is 35.5. The number of halogens is 1. The third kappa shape index (κ3) is 1.73. The van der Waals surface area contributed by atoms with Crippen LogP contribution in [-0.2, 0) is 15.2 Å². The van der Waals surface area contributed by atoms with Gasteiger partial charge in [-0.25, -0.2) is 0 Å². The van der Waals surface area contributed by atoms with Crippen molar-refractivity contribution in [3.8, 4) is 5.75 Å². The zero-order chi connectivity index (χ0) is 11.9. The standard InChI is InChI=1S/C10H6ClO4S/c11-7-4-5-8(12)10-6(7)2-1-3-9(10)16(13,14)15/h1-5H,(H,13,14,15). The van der Waals surface area contributed by atoms with Crippen LogP contribution >= 0.6 is 11.6 Å². The topological polar surface area (TPSA) is 74.3 Å². The molecule has 16 heavy (non-hydrogen) atoms. The fourth-order valence-corrected chi connectivity index (χ4v) is 2.46. The van der Waals surface area contributed by atoms with E-state index in [9.17, 15) is 13.5 Å². The smallest absolute Gasteiger partial charge is 0.289 e. The van der Waals surface area contributed by atoms with Gasteiger partial charge in [-0.05, 0) is 18.2 Å². The molecule has 83 valence electrons. The molecule has 0 heterocycles. The summed E-state index contributed by atoms with van der Waals surface area (Å²) in [4.78, 5) is -0.419. The van der Waals surface area contributed by atoms with Gasteiger partial charge in [-0.1, -0.05) is 23.7 Å². The molecule has 6 heteroatoms. The lowest BCUT2D eigenvalue weighted by atomic mass is 10.1. The zero-order valence-electron chi connectivity index (χ0n) is 7.84. The van der Waals surface area contributed by atoms with Crippen LogP contribution in [0.4, 0.5) is 0 Å². The largest absolute Gasteiger partial charge is 0.295 e. The average Bonchev–Trinajstić information content (AvgIpc) is 2.22. The Kier molecular flexibility index (Phi) is 2.53. The van der Waals surface area contributed by atoms with E-state index < -0.39 is 20.8 Å². The Bertz CT molecular complexity index is 664. The van der Waals surface area contributed by atoms with Crippen LogP contribution < -0.4 is 0 Å². The van der Waals surface area contributed by atoms with Crippen LogP contribution in [0.2, 0.25) is 5.02 Å². The van der Waals surface area contributed by atoms with Crippen LogP contribution in [0.3, 0.4) is 0 Å². The summed E-state index contributed by atoms with van der Waals surface area (Å²) in [5.74, 6) is -0.493. The van der Waals surface area contributed by atoms with Crippen molar-refractivity contribution in [2.24, 2.45) is 0 Å². The highest BCUT2D eigenvalue weighted by molar-refractivity contribution is 7.86.